The highest BCUT2D eigenvalue weighted by Crippen LogP contribution is 2.28. The van der Waals surface area contributed by atoms with Crippen LogP contribution < -0.4 is 10.1 Å². The predicted octanol–water partition coefficient (Wildman–Crippen LogP) is 3.10. The molecular weight excluding hydrogens is 359 g/mol. The molecule has 1 atom stereocenters. The molecule has 27 heavy (non-hydrogen) atoms. The van der Waals surface area contributed by atoms with E-state index in [0.717, 1.165) is 17.4 Å². The Balaban J connectivity index is 1.58. The fourth-order valence-electron chi connectivity index (χ4n) is 3.04. The summed E-state index contributed by atoms with van der Waals surface area (Å²) in [4.78, 5) is 20.0. The number of hydrogen-bond donors (Lipinski definition) is 1. The number of aryl methyl sites for hydroxylation is 1. The normalized spacial score (nSPS) is 16.8. The molecule has 5 nitrogen and oxygen atoms in total. The molecule has 0 saturated carbocycles. The molecule has 3 rings (SSSR count). The molecule has 0 bridgehead atoms. The highest BCUT2D eigenvalue weighted by Gasteiger charge is 2.33. The fraction of sp³-hybridized carbons (Fsp3) is 0.421. The van der Waals surface area contributed by atoms with E-state index in [1.807, 2.05) is 24.3 Å². The molecule has 1 aliphatic heterocycles. The molecule has 0 radical (unpaired) electrons. The number of fused-ring (bicyclic) bond motifs is 1. The van der Waals surface area contributed by atoms with Gasteiger partial charge in [0.05, 0.1) is 6.61 Å². The first kappa shape index (κ1) is 19.1. The summed E-state index contributed by atoms with van der Waals surface area (Å²) in [5, 5.41) is 2.78. The van der Waals surface area contributed by atoms with E-state index in [2.05, 4.69) is 15.3 Å². The molecule has 1 N–H and O–H groups in total. The molecule has 144 valence electrons. The van der Waals surface area contributed by atoms with E-state index in [1.165, 1.54) is 6.92 Å². The minimum atomic E-state index is -4.51. The van der Waals surface area contributed by atoms with Crippen LogP contribution in [0, 0.1) is 12.8 Å². The van der Waals surface area contributed by atoms with E-state index < -0.39 is 11.9 Å². The van der Waals surface area contributed by atoms with E-state index in [9.17, 15) is 18.0 Å². The van der Waals surface area contributed by atoms with Crippen LogP contribution in [0.1, 0.15) is 29.2 Å². The van der Waals surface area contributed by atoms with E-state index in [1.54, 1.807) is 0 Å². The van der Waals surface area contributed by atoms with E-state index in [-0.39, 0.29) is 36.3 Å². The molecule has 0 spiro atoms. The summed E-state index contributed by atoms with van der Waals surface area (Å²) < 4.78 is 44.1. The van der Waals surface area contributed by atoms with E-state index in [0.29, 0.717) is 19.4 Å². The van der Waals surface area contributed by atoms with Crippen LogP contribution in [-0.2, 0) is 23.8 Å². The van der Waals surface area contributed by atoms with Crippen molar-refractivity contribution in [1.82, 2.24) is 15.3 Å². The summed E-state index contributed by atoms with van der Waals surface area (Å²) in [6, 6.07) is 8.50. The second-order valence-electron chi connectivity index (χ2n) is 6.50. The molecular formula is C19H20F3N3O2. The molecule has 1 aromatic heterocycles. The number of hydrogen-bond acceptors (Lipinski definition) is 4. The third-order valence-corrected chi connectivity index (χ3v) is 4.37. The number of ether oxygens (including phenoxy) is 1. The maximum absolute atomic E-state index is 12.8. The lowest BCUT2D eigenvalue weighted by Crippen LogP contribution is -2.34. The Labute approximate surface area is 155 Å². The Bertz CT molecular complexity index is 824. The van der Waals surface area contributed by atoms with Gasteiger partial charge in [0.25, 0.3) is 0 Å². The van der Waals surface area contributed by atoms with Crippen LogP contribution in [0.5, 0.6) is 5.75 Å². The maximum atomic E-state index is 12.8. The van der Waals surface area contributed by atoms with Crippen LogP contribution in [0.3, 0.4) is 0 Å². The van der Waals surface area contributed by atoms with Crippen molar-refractivity contribution in [2.24, 2.45) is 5.92 Å². The number of alkyl halides is 3. The summed E-state index contributed by atoms with van der Waals surface area (Å²) in [6.07, 6.45) is -3.23. The van der Waals surface area contributed by atoms with Gasteiger partial charge in [-0.3, -0.25) is 4.79 Å². The van der Waals surface area contributed by atoms with Crippen LogP contribution in [0.15, 0.2) is 30.3 Å². The maximum Gasteiger partial charge on any atom is 0.433 e. The molecule has 2 aromatic rings. The molecule has 1 amide bonds. The Morgan fingerprint density at radius 2 is 2.07 bits per heavy atom. The topological polar surface area (TPSA) is 64.1 Å². The van der Waals surface area contributed by atoms with Crippen LogP contribution in [0.4, 0.5) is 13.2 Å². The van der Waals surface area contributed by atoms with Gasteiger partial charge in [0, 0.05) is 24.6 Å². The van der Waals surface area contributed by atoms with Gasteiger partial charge in [0.15, 0.2) is 0 Å². The number of aromatic nitrogens is 2. The van der Waals surface area contributed by atoms with Crippen LogP contribution in [0.25, 0.3) is 0 Å². The lowest BCUT2D eigenvalue weighted by molar-refractivity contribution is -0.141. The summed E-state index contributed by atoms with van der Waals surface area (Å²) >= 11 is 0. The minimum Gasteiger partial charge on any atom is -0.493 e. The van der Waals surface area contributed by atoms with Gasteiger partial charge < -0.3 is 10.1 Å². The zero-order valence-electron chi connectivity index (χ0n) is 14.8. The summed E-state index contributed by atoms with van der Waals surface area (Å²) in [7, 11) is 0. The number of nitrogens with zero attached hydrogens (tertiary/aromatic N) is 2. The van der Waals surface area contributed by atoms with Crippen molar-refractivity contribution < 1.29 is 22.7 Å². The van der Waals surface area contributed by atoms with Gasteiger partial charge in [-0.2, -0.15) is 13.2 Å². The molecule has 0 fully saturated rings. The van der Waals surface area contributed by atoms with E-state index in [4.69, 9.17) is 4.74 Å². The van der Waals surface area contributed by atoms with Crippen molar-refractivity contribution in [3.05, 3.63) is 53.1 Å². The number of benzene rings is 1. The second kappa shape index (κ2) is 7.94. The number of halogens is 3. The van der Waals surface area contributed by atoms with Crippen LogP contribution >= 0.6 is 0 Å². The van der Waals surface area contributed by atoms with Crippen molar-refractivity contribution in [2.75, 3.05) is 13.2 Å². The first-order chi connectivity index (χ1) is 12.8. The highest BCUT2D eigenvalue weighted by molar-refractivity contribution is 5.79. The molecule has 2 heterocycles. The Morgan fingerprint density at radius 3 is 2.85 bits per heavy atom. The standard InChI is InChI=1S/C19H20F3N3O2/c1-12-10-16(19(20,21)22)25-17(24-12)6-8-23-18(26)14-7-9-27-15-5-3-2-4-13(15)11-14/h2-5,10,14H,6-9,11H2,1H3,(H,23,26). The predicted molar refractivity (Wildman–Crippen MR) is 92.2 cm³/mol. The number of amides is 1. The molecule has 8 heteroatoms. The van der Waals surface area contributed by atoms with Crippen molar-refractivity contribution in [1.29, 1.82) is 0 Å². The summed E-state index contributed by atoms with van der Waals surface area (Å²) in [5.41, 5.74) is 0.261. The van der Waals surface area contributed by atoms with Gasteiger partial charge in [0.2, 0.25) is 5.91 Å². The highest BCUT2D eigenvalue weighted by atomic mass is 19.4. The Morgan fingerprint density at radius 1 is 1.30 bits per heavy atom. The first-order valence-corrected chi connectivity index (χ1v) is 8.73. The third kappa shape index (κ3) is 4.96. The van der Waals surface area contributed by atoms with Crippen molar-refractivity contribution in [2.45, 2.75) is 32.4 Å². The van der Waals surface area contributed by atoms with Gasteiger partial charge in [-0.05, 0) is 37.5 Å². The largest absolute Gasteiger partial charge is 0.493 e. The van der Waals surface area contributed by atoms with Gasteiger partial charge in [0.1, 0.15) is 17.3 Å². The van der Waals surface area contributed by atoms with Gasteiger partial charge >= 0.3 is 6.18 Å². The number of carbonyl (C=O) groups excluding carboxylic acids is 1. The lowest BCUT2D eigenvalue weighted by Gasteiger charge is -2.14. The number of carbonyl (C=O) groups is 1. The van der Waals surface area contributed by atoms with Gasteiger partial charge in [-0.1, -0.05) is 18.2 Å². The molecule has 0 saturated heterocycles. The monoisotopic (exact) mass is 379 g/mol. The summed E-state index contributed by atoms with van der Waals surface area (Å²) in [5.74, 6) is 0.481. The number of nitrogens with one attached hydrogen (secondary N) is 1. The smallest absolute Gasteiger partial charge is 0.433 e. The Hall–Kier alpha value is -2.64. The average Bonchev–Trinajstić information content (AvgIpc) is 2.83. The fourth-order valence-corrected chi connectivity index (χ4v) is 3.04. The summed E-state index contributed by atoms with van der Waals surface area (Å²) in [6.45, 7) is 2.12. The van der Waals surface area contributed by atoms with Crippen LogP contribution in [0.2, 0.25) is 0 Å². The Kier molecular flexibility index (Phi) is 5.62. The van der Waals surface area contributed by atoms with Crippen LogP contribution in [-0.4, -0.2) is 29.0 Å². The van der Waals surface area contributed by atoms with Gasteiger partial charge in [-0.25, -0.2) is 9.97 Å². The van der Waals surface area contributed by atoms with Crippen molar-refractivity contribution in [3.63, 3.8) is 0 Å². The van der Waals surface area contributed by atoms with Crippen molar-refractivity contribution in [3.8, 4) is 5.75 Å². The van der Waals surface area contributed by atoms with Gasteiger partial charge in [-0.15, -0.1) is 0 Å². The minimum absolute atomic E-state index is 0.0668. The van der Waals surface area contributed by atoms with Crippen molar-refractivity contribution >= 4 is 5.91 Å². The molecule has 1 unspecified atom stereocenters. The zero-order valence-corrected chi connectivity index (χ0v) is 14.8. The number of para-hydroxylation sites is 1. The third-order valence-electron chi connectivity index (χ3n) is 4.37. The zero-order chi connectivity index (χ0) is 19.4. The quantitative estimate of drug-likeness (QED) is 0.887. The van der Waals surface area contributed by atoms with E-state index >= 15 is 0 Å². The SMILES string of the molecule is Cc1cc(C(F)(F)F)nc(CCNC(=O)C2CCOc3ccccc3C2)n1. The average molecular weight is 379 g/mol. The second-order valence-corrected chi connectivity index (χ2v) is 6.50. The molecule has 0 aliphatic carbocycles. The first-order valence-electron chi connectivity index (χ1n) is 8.73. The number of rotatable bonds is 4. The molecule has 1 aliphatic rings. The molecule has 1 aromatic carbocycles. The lowest BCUT2D eigenvalue weighted by atomic mass is 9.96.